The summed E-state index contributed by atoms with van der Waals surface area (Å²) in [5.74, 6) is -0.204. The van der Waals surface area contributed by atoms with Gasteiger partial charge in [0.25, 0.3) is 5.91 Å². The highest BCUT2D eigenvalue weighted by atomic mass is 16.3. The molecule has 1 aliphatic rings. The molecule has 2 N–H and O–H groups in total. The number of piperidine rings is 1. The Labute approximate surface area is 106 Å². The lowest BCUT2D eigenvalue weighted by Gasteiger charge is -2.22. The summed E-state index contributed by atoms with van der Waals surface area (Å²) in [4.78, 5) is 13.4. The van der Waals surface area contributed by atoms with E-state index in [1.54, 1.807) is 17.9 Å². The number of amides is 1. The van der Waals surface area contributed by atoms with Crippen molar-refractivity contribution in [3.63, 3.8) is 0 Å². The Kier molecular flexibility index (Phi) is 4.27. The summed E-state index contributed by atoms with van der Waals surface area (Å²) in [5, 5.41) is 20.0. The summed E-state index contributed by atoms with van der Waals surface area (Å²) in [6.45, 7) is 2.19. The van der Waals surface area contributed by atoms with Gasteiger partial charge in [0.05, 0.1) is 18.8 Å². The van der Waals surface area contributed by atoms with Gasteiger partial charge in [-0.1, -0.05) is 5.21 Å². The molecule has 7 heteroatoms. The first-order valence-electron chi connectivity index (χ1n) is 6.21. The molecule has 1 fully saturated rings. The molecule has 0 atom stereocenters. The van der Waals surface area contributed by atoms with E-state index in [9.17, 15) is 4.79 Å². The minimum Gasteiger partial charge on any atom is -0.395 e. The van der Waals surface area contributed by atoms with Gasteiger partial charge in [-0.05, 0) is 25.9 Å². The second kappa shape index (κ2) is 5.92. The Bertz CT molecular complexity index is 400. The molecule has 2 heterocycles. The van der Waals surface area contributed by atoms with E-state index in [1.165, 1.54) is 4.90 Å². The van der Waals surface area contributed by atoms with Crippen LogP contribution in [0.2, 0.25) is 0 Å². The second-order valence-corrected chi connectivity index (χ2v) is 4.52. The summed E-state index contributed by atoms with van der Waals surface area (Å²) in [7, 11) is 1.64. The third-order valence-corrected chi connectivity index (χ3v) is 3.19. The summed E-state index contributed by atoms with van der Waals surface area (Å²) >= 11 is 0. The molecule has 0 aliphatic carbocycles. The molecule has 100 valence electrons. The third-order valence-electron chi connectivity index (χ3n) is 3.19. The fourth-order valence-electron chi connectivity index (χ4n) is 2.07. The van der Waals surface area contributed by atoms with Crippen LogP contribution in [0, 0.1) is 0 Å². The van der Waals surface area contributed by atoms with E-state index >= 15 is 0 Å². The van der Waals surface area contributed by atoms with Crippen LogP contribution in [0.1, 0.15) is 29.4 Å². The number of aliphatic hydroxyl groups is 1. The van der Waals surface area contributed by atoms with Crippen molar-refractivity contribution in [2.45, 2.75) is 18.9 Å². The van der Waals surface area contributed by atoms with Crippen molar-refractivity contribution in [3.05, 3.63) is 11.9 Å². The third kappa shape index (κ3) is 2.85. The number of hydrogen-bond donors (Lipinski definition) is 2. The number of aliphatic hydroxyl groups excluding tert-OH is 1. The van der Waals surface area contributed by atoms with Crippen molar-refractivity contribution < 1.29 is 9.90 Å². The largest absolute Gasteiger partial charge is 0.395 e. The van der Waals surface area contributed by atoms with Gasteiger partial charge in [0.1, 0.15) is 0 Å². The van der Waals surface area contributed by atoms with Gasteiger partial charge in [0, 0.05) is 13.6 Å². The molecule has 18 heavy (non-hydrogen) atoms. The van der Waals surface area contributed by atoms with Crippen LogP contribution in [0.25, 0.3) is 0 Å². The quantitative estimate of drug-likeness (QED) is 0.739. The van der Waals surface area contributed by atoms with Gasteiger partial charge < -0.3 is 15.3 Å². The maximum atomic E-state index is 11.9. The van der Waals surface area contributed by atoms with Crippen LogP contribution in [0.3, 0.4) is 0 Å². The van der Waals surface area contributed by atoms with Gasteiger partial charge in [-0.15, -0.1) is 5.10 Å². The molecule has 0 saturated carbocycles. The Morgan fingerprint density at radius 2 is 2.33 bits per heavy atom. The molecule has 0 radical (unpaired) electrons. The number of nitrogens with one attached hydrogen (secondary N) is 1. The van der Waals surface area contributed by atoms with E-state index in [0.29, 0.717) is 18.3 Å². The second-order valence-electron chi connectivity index (χ2n) is 4.52. The predicted molar refractivity (Wildman–Crippen MR) is 65.2 cm³/mol. The zero-order valence-corrected chi connectivity index (χ0v) is 10.5. The van der Waals surface area contributed by atoms with E-state index in [2.05, 4.69) is 15.6 Å². The smallest absolute Gasteiger partial charge is 0.275 e. The first kappa shape index (κ1) is 13.0. The molecule has 2 rings (SSSR count). The zero-order valence-electron chi connectivity index (χ0n) is 10.5. The van der Waals surface area contributed by atoms with Gasteiger partial charge in [-0.2, -0.15) is 0 Å². The molecular weight excluding hydrogens is 234 g/mol. The maximum Gasteiger partial charge on any atom is 0.275 e. The van der Waals surface area contributed by atoms with Crippen LogP contribution in [0.15, 0.2) is 6.20 Å². The summed E-state index contributed by atoms with van der Waals surface area (Å²) < 4.78 is 1.78. The average Bonchev–Trinajstić information content (AvgIpc) is 2.89. The van der Waals surface area contributed by atoms with E-state index in [-0.39, 0.29) is 12.5 Å². The van der Waals surface area contributed by atoms with Crippen LogP contribution >= 0.6 is 0 Å². The SMILES string of the molecule is CN(CCO)C(=O)c1cn(C2CCNCC2)nn1. The fourth-order valence-corrected chi connectivity index (χ4v) is 2.07. The molecule has 0 spiro atoms. The van der Waals surface area contributed by atoms with Crippen molar-refractivity contribution >= 4 is 5.91 Å². The molecular formula is C11H19N5O2. The number of carbonyl (C=O) groups excluding carboxylic acids is 1. The fraction of sp³-hybridized carbons (Fsp3) is 0.727. The monoisotopic (exact) mass is 253 g/mol. The van der Waals surface area contributed by atoms with Gasteiger partial charge in [-0.25, -0.2) is 4.68 Å². The highest BCUT2D eigenvalue weighted by Gasteiger charge is 2.20. The molecule has 1 aromatic rings. The van der Waals surface area contributed by atoms with Crippen LogP contribution in [0.5, 0.6) is 0 Å². The standard InChI is InChI=1S/C11H19N5O2/c1-15(6-7-17)11(18)10-8-16(14-13-10)9-2-4-12-5-3-9/h8-9,12,17H,2-7H2,1H3. The number of carbonyl (C=O) groups is 1. The van der Waals surface area contributed by atoms with E-state index in [4.69, 9.17) is 5.11 Å². The Balaban J connectivity index is 2.02. The summed E-state index contributed by atoms with van der Waals surface area (Å²) in [6, 6.07) is 0.323. The van der Waals surface area contributed by atoms with Crippen molar-refractivity contribution in [1.82, 2.24) is 25.2 Å². The number of likely N-dealkylation sites (N-methyl/N-ethyl adjacent to an activating group) is 1. The van der Waals surface area contributed by atoms with Crippen LogP contribution in [0.4, 0.5) is 0 Å². The van der Waals surface area contributed by atoms with Gasteiger partial charge >= 0.3 is 0 Å². The summed E-state index contributed by atoms with van der Waals surface area (Å²) in [6.07, 6.45) is 3.71. The normalized spacial score (nSPS) is 16.8. The Morgan fingerprint density at radius 3 is 3.00 bits per heavy atom. The molecule has 1 aliphatic heterocycles. The first-order valence-corrected chi connectivity index (χ1v) is 6.21. The highest BCUT2D eigenvalue weighted by molar-refractivity contribution is 5.91. The summed E-state index contributed by atoms with van der Waals surface area (Å²) in [5.41, 5.74) is 0.337. The molecule has 0 unspecified atom stereocenters. The Morgan fingerprint density at radius 1 is 1.61 bits per heavy atom. The molecule has 0 bridgehead atoms. The van der Waals surface area contributed by atoms with Gasteiger partial charge in [-0.3, -0.25) is 4.79 Å². The van der Waals surface area contributed by atoms with Crippen LogP contribution < -0.4 is 5.32 Å². The maximum absolute atomic E-state index is 11.9. The predicted octanol–water partition coefficient (Wildman–Crippen LogP) is -0.733. The van der Waals surface area contributed by atoms with Gasteiger partial charge in [0.15, 0.2) is 5.69 Å². The number of nitrogens with zero attached hydrogens (tertiary/aromatic N) is 4. The topological polar surface area (TPSA) is 83.3 Å². The van der Waals surface area contributed by atoms with E-state index in [0.717, 1.165) is 25.9 Å². The van der Waals surface area contributed by atoms with Crippen LogP contribution in [-0.4, -0.2) is 64.2 Å². The lowest BCUT2D eigenvalue weighted by molar-refractivity contribution is 0.0761. The number of aromatic nitrogens is 3. The minimum atomic E-state index is -0.204. The highest BCUT2D eigenvalue weighted by Crippen LogP contribution is 2.17. The van der Waals surface area contributed by atoms with E-state index in [1.807, 2.05) is 0 Å². The molecule has 7 nitrogen and oxygen atoms in total. The van der Waals surface area contributed by atoms with Crippen molar-refractivity contribution in [2.75, 3.05) is 33.3 Å². The number of rotatable bonds is 4. The lowest BCUT2D eigenvalue weighted by Crippen LogP contribution is -2.30. The molecule has 1 aromatic heterocycles. The Hall–Kier alpha value is -1.47. The van der Waals surface area contributed by atoms with Crippen molar-refractivity contribution in [2.24, 2.45) is 0 Å². The average molecular weight is 253 g/mol. The van der Waals surface area contributed by atoms with Crippen LogP contribution in [-0.2, 0) is 0 Å². The molecule has 0 aromatic carbocycles. The van der Waals surface area contributed by atoms with Crippen molar-refractivity contribution in [3.8, 4) is 0 Å². The lowest BCUT2D eigenvalue weighted by atomic mass is 10.1. The molecule has 1 saturated heterocycles. The van der Waals surface area contributed by atoms with E-state index < -0.39 is 0 Å². The van der Waals surface area contributed by atoms with Gasteiger partial charge in [0.2, 0.25) is 0 Å². The minimum absolute atomic E-state index is 0.0509. The number of hydrogen-bond acceptors (Lipinski definition) is 5. The first-order chi connectivity index (χ1) is 8.72. The van der Waals surface area contributed by atoms with Crippen molar-refractivity contribution in [1.29, 1.82) is 0 Å². The molecule has 1 amide bonds. The zero-order chi connectivity index (χ0) is 13.0.